The molecule has 1 aliphatic rings. The second kappa shape index (κ2) is 9.41. The number of anilines is 1. The number of guanidine groups is 1. The lowest BCUT2D eigenvalue weighted by Gasteiger charge is -2.23. The largest absolute Gasteiger partial charge is 0.356 e. The molecule has 142 valence electrons. The topological polar surface area (TPSA) is 52.6 Å². The predicted octanol–water partition coefficient (Wildman–Crippen LogP) is 3.67. The van der Waals surface area contributed by atoms with Crippen LogP contribution in [0.3, 0.4) is 0 Å². The van der Waals surface area contributed by atoms with Gasteiger partial charge in [-0.25, -0.2) is 4.98 Å². The van der Waals surface area contributed by atoms with Crippen LogP contribution in [0.25, 0.3) is 0 Å². The summed E-state index contributed by atoms with van der Waals surface area (Å²) in [6.07, 6.45) is 5.88. The molecule has 0 saturated carbocycles. The van der Waals surface area contributed by atoms with Crippen LogP contribution < -0.4 is 15.5 Å². The number of aromatic nitrogens is 1. The summed E-state index contributed by atoms with van der Waals surface area (Å²) in [6.45, 7) is 12.3. The molecule has 1 atom stereocenters. The van der Waals surface area contributed by atoms with Gasteiger partial charge in [-0.2, -0.15) is 0 Å². The first-order chi connectivity index (χ1) is 11.9. The molecule has 2 heterocycles. The van der Waals surface area contributed by atoms with Crippen molar-refractivity contribution in [2.45, 2.75) is 65.8 Å². The van der Waals surface area contributed by atoms with E-state index in [9.17, 15) is 0 Å². The van der Waals surface area contributed by atoms with Gasteiger partial charge in [0.05, 0.1) is 5.69 Å². The normalized spacial score (nSPS) is 17.0. The molecule has 1 saturated heterocycles. The van der Waals surface area contributed by atoms with Gasteiger partial charge in [0.1, 0.15) is 0 Å². The van der Waals surface area contributed by atoms with E-state index in [1.54, 1.807) is 11.3 Å². The van der Waals surface area contributed by atoms with Crippen LogP contribution in [0.2, 0.25) is 0 Å². The molecule has 0 bridgehead atoms. The van der Waals surface area contributed by atoms with Gasteiger partial charge in [0, 0.05) is 44.5 Å². The predicted molar refractivity (Wildman–Crippen MR) is 110 cm³/mol. The number of hydrogen-bond donors (Lipinski definition) is 2. The smallest absolute Gasteiger partial charge is 0.191 e. The molecule has 2 N–H and O–H groups in total. The lowest BCUT2D eigenvalue weighted by molar-refractivity contribution is 0.346. The number of nitrogens with zero attached hydrogens (tertiary/aromatic N) is 3. The van der Waals surface area contributed by atoms with Crippen molar-refractivity contribution in [1.82, 2.24) is 15.6 Å². The summed E-state index contributed by atoms with van der Waals surface area (Å²) >= 11 is 1.77. The SMILES string of the molecule is CN=C(NCCc1csc(N2CCCC2)n1)NC(C)CCC(C)(C)C. The maximum atomic E-state index is 4.78. The van der Waals surface area contributed by atoms with E-state index < -0.39 is 0 Å². The van der Waals surface area contributed by atoms with E-state index in [-0.39, 0.29) is 0 Å². The van der Waals surface area contributed by atoms with Crippen LogP contribution in [-0.2, 0) is 6.42 Å². The van der Waals surface area contributed by atoms with Crippen molar-refractivity contribution in [3.8, 4) is 0 Å². The molecule has 6 heteroatoms. The monoisotopic (exact) mass is 365 g/mol. The van der Waals surface area contributed by atoms with E-state index in [0.717, 1.165) is 38.4 Å². The molecule has 25 heavy (non-hydrogen) atoms. The van der Waals surface area contributed by atoms with Crippen molar-refractivity contribution in [2.75, 3.05) is 31.6 Å². The third-order valence-corrected chi connectivity index (χ3v) is 5.47. The number of thiazole rings is 1. The molecule has 1 aromatic heterocycles. The minimum Gasteiger partial charge on any atom is -0.356 e. The average molecular weight is 366 g/mol. The molecular weight excluding hydrogens is 330 g/mol. The molecule has 0 radical (unpaired) electrons. The number of nitrogens with one attached hydrogen (secondary N) is 2. The fourth-order valence-electron chi connectivity index (χ4n) is 2.92. The Hall–Kier alpha value is -1.30. The summed E-state index contributed by atoms with van der Waals surface area (Å²) in [5, 5.41) is 10.3. The molecule has 5 nitrogen and oxygen atoms in total. The highest BCUT2D eigenvalue weighted by Gasteiger charge is 2.16. The standard InChI is InChI=1S/C19H35N5S/c1-15(8-10-19(2,3)4)22-17(20-5)21-11-9-16-14-25-18(23-16)24-12-6-7-13-24/h14-15H,6-13H2,1-5H3,(H2,20,21,22). The Bertz CT molecular complexity index is 540. The van der Waals surface area contributed by atoms with Crippen LogP contribution in [0, 0.1) is 5.41 Å². The van der Waals surface area contributed by atoms with Crippen molar-refractivity contribution in [3.63, 3.8) is 0 Å². The Morgan fingerprint density at radius 1 is 1.36 bits per heavy atom. The van der Waals surface area contributed by atoms with Gasteiger partial charge in [-0.05, 0) is 38.0 Å². The van der Waals surface area contributed by atoms with Crippen LogP contribution in [0.15, 0.2) is 10.4 Å². The van der Waals surface area contributed by atoms with E-state index in [2.05, 4.69) is 53.6 Å². The van der Waals surface area contributed by atoms with Gasteiger partial charge < -0.3 is 15.5 Å². The molecular formula is C19H35N5S. The Kier molecular flexibility index (Phi) is 7.54. The fourth-order valence-corrected chi connectivity index (χ4v) is 3.84. The molecule has 1 aromatic rings. The molecule has 0 aromatic carbocycles. The van der Waals surface area contributed by atoms with Crippen molar-refractivity contribution in [1.29, 1.82) is 0 Å². The maximum absolute atomic E-state index is 4.78. The van der Waals surface area contributed by atoms with Gasteiger partial charge in [0.25, 0.3) is 0 Å². The van der Waals surface area contributed by atoms with Crippen molar-refractivity contribution in [3.05, 3.63) is 11.1 Å². The number of hydrogen-bond acceptors (Lipinski definition) is 4. The number of rotatable bonds is 7. The quantitative estimate of drug-likeness (QED) is 0.572. The van der Waals surface area contributed by atoms with Crippen molar-refractivity contribution in [2.24, 2.45) is 10.4 Å². The van der Waals surface area contributed by atoms with Gasteiger partial charge in [-0.3, -0.25) is 4.99 Å². The first-order valence-electron chi connectivity index (χ1n) is 9.54. The second-order valence-electron chi connectivity index (χ2n) is 8.21. The molecule has 1 fully saturated rings. The summed E-state index contributed by atoms with van der Waals surface area (Å²) in [4.78, 5) is 11.5. The summed E-state index contributed by atoms with van der Waals surface area (Å²) in [5.74, 6) is 0.886. The maximum Gasteiger partial charge on any atom is 0.191 e. The molecule has 2 rings (SSSR count). The van der Waals surface area contributed by atoms with Crippen LogP contribution in [0.4, 0.5) is 5.13 Å². The number of aliphatic imine (C=N–C) groups is 1. The highest BCUT2D eigenvalue weighted by molar-refractivity contribution is 7.13. The van der Waals surface area contributed by atoms with E-state index in [1.807, 2.05) is 7.05 Å². The summed E-state index contributed by atoms with van der Waals surface area (Å²) in [5.41, 5.74) is 1.56. The van der Waals surface area contributed by atoms with Gasteiger partial charge in [-0.1, -0.05) is 20.8 Å². The van der Waals surface area contributed by atoms with Crippen LogP contribution in [0.5, 0.6) is 0 Å². The summed E-state index contributed by atoms with van der Waals surface area (Å²) in [6, 6.07) is 0.423. The van der Waals surface area contributed by atoms with Gasteiger partial charge in [0.2, 0.25) is 0 Å². The van der Waals surface area contributed by atoms with Crippen LogP contribution in [-0.4, -0.2) is 43.7 Å². The Balaban J connectivity index is 1.70. The molecule has 0 spiro atoms. The highest BCUT2D eigenvalue weighted by atomic mass is 32.1. The van der Waals surface area contributed by atoms with Crippen LogP contribution >= 0.6 is 11.3 Å². The first-order valence-corrected chi connectivity index (χ1v) is 10.4. The van der Waals surface area contributed by atoms with E-state index in [0.29, 0.717) is 11.5 Å². The van der Waals surface area contributed by atoms with Crippen molar-refractivity contribution >= 4 is 22.4 Å². The fraction of sp³-hybridized carbons (Fsp3) is 0.789. The highest BCUT2D eigenvalue weighted by Crippen LogP contribution is 2.24. The zero-order valence-electron chi connectivity index (χ0n) is 16.6. The first kappa shape index (κ1) is 20.0. The molecule has 0 amide bonds. The summed E-state index contributed by atoms with van der Waals surface area (Å²) in [7, 11) is 1.83. The van der Waals surface area contributed by atoms with E-state index >= 15 is 0 Å². The van der Waals surface area contributed by atoms with Crippen LogP contribution in [0.1, 0.15) is 59.1 Å². The summed E-state index contributed by atoms with van der Waals surface area (Å²) < 4.78 is 0. The Labute approximate surface area is 157 Å². The second-order valence-corrected chi connectivity index (χ2v) is 9.05. The zero-order valence-corrected chi connectivity index (χ0v) is 17.4. The van der Waals surface area contributed by atoms with E-state index in [1.165, 1.54) is 30.1 Å². The minimum atomic E-state index is 0.380. The van der Waals surface area contributed by atoms with E-state index in [4.69, 9.17) is 4.98 Å². The zero-order chi connectivity index (χ0) is 18.3. The van der Waals surface area contributed by atoms with Crippen molar-refractivity contribution < 1.29 is 0 Å². The molecule has 1 unspecified atom stereocenters. The van der Waals surface area contributed by atoms with Gasteiger partial charge in [-0.15, -0.1) is 11.3 Å². The Morgan fingerprint density at radius 3 is 2.72 bits per heavy atom. The third kappa shape index (κ3) is 7.22. The Morgan fingerprint density at radius 2 is 2.08 bits per heavy atom. The minimum absolute atomic E-state index is 0.380. The molecule has 1 aliphatic heterocycles. The lowest BCUT2D eigenvalue weighted by atomic mass is 9.89. The van der Waals surface area contributed by atoms with Gasteiger partial charge in [0.15, 0.2) is 11.1 Å². The average Bonchev–Trinajstić information content (AvgIpc) is 3.22. The lowest BCUT2D eigenvalue weighted by Crippen LogP contribution is -2.43. The third-order valence-electron chi connectivity index (χ3n) is 4.52. The molecule has 0 aliphatic carbocycles. The van der Waals surface area contributed by atoms with Gasteiger partial charge >= 0.3 is 0 Å².